The Kier molecular flexibility index (Phi) is 14.1. The topological polar surface area (TPSA) is 4.44 Å². The second-order valence-electron chi connectivity index (χ2n) is 3.80. The number of rotatable bonds is 0. The van der Waals surface area contributed by atoms with E-state index in [0.29, 0.717) is 0 Å². The van der Waals surface area contributed by atoms with E-state index in [2.05, 4.69) is 7.05 Å². The van der Waals surface area contributed by atoms with Crippen molar-refractivity contribution < 1.29 is 56.7 Å². The monoisotopic (exact) mass is 360 g/mol. The number of likely N-dealkylation sites (tertiary alicyclic amines) is 1. The number of quaternary nitrogens is 1. The molecular weight excluding hydrogens is 346 g/mol. The molecule has 1 saturated heterocycles. The van der Waals surface area contributed by atoms with Gasteiger partial charge in [0.05, 0.1) is 13.1 Å². The van der Waals surface area contributed by atoms with Crippen molar-refractivity contribution in [1.82, 2.24) is 0 Å². The van der Waals surface area contributed by atoms with Gasteiger partial charge in [-0.25, -0.2) is 0 Å². The molecule has 0 aromatic carbocycles. The zero-order chi connectivity index (χ0) is 18.6. The molecule has 1 aliphatic rings. The average Bonchev–Trinajstić information content (AvgIpc) is 2.09. The maximum absolute atomic E-state index is 9.75. The summed E-state index contributed by atoms with van der Waals surface area (Å²) < 4.78 is 117. The van der Waals surface area contributed by atoms with Crippen molar-refractivity contribution in [3.63, 3.8) is 0 Å². The minimum Gasteiger partial charge on any atom is -0.418 e. The molecule has 0 atom stereocenters. The van der Waals surface area contributed by atoms with Crippen LogP contribution < -0.4 is 4.90 Å². The number of nitrogens with one attached hydrogen (secondary N) is 1. The van der Waals surface area contributed by atoms with Crippen molar-refractivity contribution in [2.45, 2.75) is 19.3 Å². The first-order chi connectivity index (χ1) is 9.39. The van der Waals surface area contributed by atoms with Crippen molar-refractivity contribution in [2.75, 3.05) is 13.1 Å². The molecule has 1 fully saturated rings. The summed E-state index contributed by atoms with van der Waals surface area (Å²) in [5, 5.41) is 0. The van der Waals surface area contributed by atoms with E-state index in [1.54, 1.807) is 0 Å². The predicted octanol–water partition coefficient (Wildman–Crippen LogP) is 3.75. The number of hydrogen-bond acceptors (Lipinski definition) is 0. The van der Waals surface area contributed by atoms with Gasteiger partial charge in [-0.15, -0.1) is 0 Å². The molecule has 0 saturated carbocycles. The highest BCUT2D eigenvalue weighted by Crippen LogP contribution is 2.07. The first-order valence-corrected chi connectivity index (χ1v) is 5.68. The lowest BCUT2D eigenvalue weighted by atomic mass is 10.1. The Morgan fingerprint density at radius 2 is 0.682 bits per heavy atom. The van der Waals surface area contributed by atoms with Crippen LogP contribution in [0, 0.1) is 7.05 Å². The molecule has 0 bridgehead atoms. The zero-order valence-electron chi connectivity index (χ0n) is 11.0. The fourth-order valence-corrected chi connectivity index (χ4v) is 1.05. The normalized spacial score (nSPS) is 16.2. The first-order valence-electron chi connectivity index (χ1n) is 5.68. The van der Waals surface area contributed by atoms with E-state index in [9.17, 15) is 51.8 Å². The van der Waals surface area contributed by atoms with E-state index in [0.717, 1.165) is 0 Å². The van der Waals surface area contributed by atoms with Crippen LogP contribution in [0.4, 0.5) is 51.8 Å². The molecule has 137 valence electrons. The molecule has 0 aromatic rings. The maximum atomic E-state index is 9.75. The zero-order valence-corrected chi connectivity index (χ0v) is 11.0. The summed E-state index contributed by atoms with van der Waals surface area (Å²) in [6.45, 7) is 2.58. The van der Waals surface area contributed by atoms with Crippen molar-refractivity contribution in [3.05, 3.63) is 7.05 Å². The molecule has 1 rings (SSSR count). The van der Waals surface area contributed by atoms with Crippen LogP contribution in [0.15, 0.2) is 0 Å². The lowest BCUT2D eigenvalue weighted by Gasteiger charge is -2.17. The van der Waals surface area contributed by atoms with Gasteiger partial charge in [0.1, 0.15) is 7.05 Å². The van der Waals surface area contributed by atoms with Crippen molar-refractivity contribution in [3.8, 4) is 0 Å². The maximum Gasteiger partial charge on any atom is 0.673 e. The van der Waals surface area contributed by atoms with Gasteiger partial charge in [-0.2, -0.15) is 0 Å². The summed E-state index contributed by atoms with van der Waals surface area (Å²) in [4.78, 5) is 1.46. The Balaban J connectivity index is -0.000000223. The first kappa shape index (κ1) is 26.2. The number of hydrogen-bond donors (Lipinski definition) is 1. The van der Waals surface area contributed by atoms with Crippen LogP contribution in [0.25, 0.3) is 0 Å². The SMILES string of the molecule is F[B-](F)(F)F.F[B-](F)(F)F.F[B-](F)(F)F.[CH2][NH+]1CCCCC1. The second kappa shape index (κ2) is 11.8. The van der Waals surface area contributed by atoms with Crippen LogP contribution >= 0.6 is 0 Å². The summed E-state index contributed by atoms with van der Waals surface area (Å²) in [6.07, 6.45) is 4.21. The fourth-order valence-electron chi connectivity index (χ4n) is 1.05. The van der Waals surface area contributed by atoms with Crippen LogP contribution in [-0.2, 0) is 0 Å². The van der Waals surface area contributed by atoms with Crippen LogP contribution in [0.3, 0.4) is 0 Å². The third-order valence-corrected chi connectivity index (χ3v) is 1.56. The van der Waals surface area contributed by atoms with E-state index >= 15 is 0 Å². The van der Waals surface area contributed by atoms with Crippen LogP contribution in [0.5, 0.6) is 0 Å². The molecule has 1 N–H and O–H groups in total. The van der Waals surface area contributed by atoms with Gasteiger partial charge in [-0.3, -0.25) is 0 Å². The summed E-state index contributed by atoms with van der Waals surface area (Å²) in [5.41, 5.74) is 0. The Labute approximate surface area is 119 Å². The van der Waals surface area contributed by atoms with Crippen molar-refractivity contribution >= 4 is 21.8 Å². The van der Waals surface area contributed by atoms with Gasteiger partial charge in [-0.05, 0) is 19.3 Å². The largest absolute Gasteiger partial charge is 0.673 e. The molecule has 1 radical (unpaired) electrons. The number of piperidine rings is 1. The highest BCUT2D eigenvalue weighted by molar-refractivity contribution is 6.50. The Morgan fingerprint density at radius 3 is 0.773 bits per heavy atom. The molecular formula is C6H13B3F12N-2. The molecule has 22 heavy (non-hydrogen) atoms. The smallest absolute Gasteiger partial charge is 0.418 e. The van der Waals surface area contributed by atoms with Crippen molar-refractivity contribution in [2.24, 2.45) is 0 Å². The van der Waals surface area contributed by atoms with Crippen LogP contribution in [0.2, 0.25) is 0 Å². The average molecular weight is 360 g/mol. The summed E-state index contributed by atoms with van der Waals surface area (Å²) >= 11 is 0. The summed E-state index contributed by atoms with van der Waals surface area (Å²) in [5.74, 6) is 0. The quantitative estimate of drug-likeness (QED) is 0.496. The Morgan fingerprint density at radius 1 is 0.500 bits per heavy atom. The minimum absolute atomic E-state index is 1.29. The Hall–Kier alpha value is -0.685. The van der Waals surface area contributed by atoms with E-state index in [-0.39, 0.29) is 0 Å². The second-order valence-corrected chi connectivity index (χ2v) is 3.80. The fraction of sp³-hybridized carbons (Fsp3) is 0.833. The molecule has 1 aliphatic heterocycles. The van der Waals surface area contributed by atoms with Crippen LogP contribution in [-0.4, -0.2) is 34.9 Å². The highest BCUT2D eigenvalue weighted by atomic mass is 19.5. The highest BCUT2D eigenvalue weighted by Gasteiger charge is 2.21. The lowest BCUT2D eigenvalue weighted by Crippen LogP contribution is -3.07. The molecule has 0 unspecified atom stereocenters. The van der Waals surface area contributed by atoms with Gasteiger partial charge in [0.15, 0.2) is 0 Å². The van der Waals surface area contributed by atoms with E-state index < -0.39 is 21.8 Å². The molecule has 0 aliphatic carbocycles. The molecule has 1 nitrogen and oxygen atoms in total. The van der Waals surface area contributed by atoms with Gasteiger partial charge >= 0.3 is 21.8 Å². The van der Waals surface area contributed by atoms with Gasteiger partial charge in [-0.1, -0.05) is 0 Å². The Bertz CT molecular complexity index is 198. The van der Waals surface area contributed by atoms with Gasteiger partial charge in [0.2, 0.25) is 0 Å². The van der Waals surface area contributed by atoms with Crippen molar-refractivity contribution in [1.29, 1.82) is 0 Å². The van der Waals surface area contributed by atoms with E-state index in [4.69, 9.17) is 0 Å². The van der Waals surface area contributed by atoms with Gasteiger partial charge in [0, 0.05) is 0 Å². The van der Waals surface area contributed by atoms with Gasteiger partial charge < -0.3 is 56.7 Å². The van der Waals surface area contributed by atoms with Crippen LogP contribution in [0.1, 0.15) is 19.3 Å². The predicted molar refractivity (Wildman–Crippen MR) is 60.5 cm³/mol. The number of halogens is 12. The van der Waals surface area contributed by atoms with Gasteiger partial charge in [0.25, 0.3) is 0 Å². The minimum atomic E-state index is -6.00. The summed E-state index contributed by atoms with van der Waals surface area (Å²) in [6, 6.07) is 0. The summed E-state index contributed by atoms with van der Waals surface area (Å²) in [7, 11) is -14.1. The van der Waals surface area contributed by atoms with E-state index in [1.807, 2.05) is 0 Å². The standard InChI is InChI=1S/C6H13N.3BF4/c1-7-5-3-2-4-6-7;3*2-1(3,4)5/h7H,1-6H2;;;/q+1;3*-1. The molecule has 16 heteroatoms. The molecule has 0 spiro atoms. The van der Waals surface area contributed by atoms with E-state index in [1.165, 1.54) is 37.3 Å². The lowest BCUT2D eigenvalue weighted by molar-refractivity contribution is -0.858. The molecule has 0 amide bonds. The third kappa shape index (κ3) is 121. The molecule has 1 heterocycles. The third-order valence-electron chi connectivity index (χ3n) is 1.56. The molecule has 0 aromatic heterocycles.